The maximum atomic E-state index is 6.13. The number of nitrogens with zero attached hydrogens (tertiary/aromatic N) is 1. The van der Waals surface area contributed by atoms with Crippen LogP contribution in [0.25, 0.3) is 10.9 Å². The third-order valence-corrected chi connectivity index (χ3v) is 3.65. The van der Waals surface area contributed by atoms with E-state index in [0.717, 1.165) is 18.0 Å². The molecule has 0 fully saturated rings. The smallest absolute Gasteiger partial charge is 0.0498 e. The second kappa shape index (κ2) is 5.98. The Morgan fingerprint density at radius 3 is 2.63 bits per heavy atom. The quantitative estimate of drug-likeness (QED) is 0.872. The Hall–Kier alpha value is -0.990. The van der Waals surface area contributed by atoms with Gasteiger partial charge in [-0.3, -0.25) is 0 Å². The molecule has 0 aliphatic rings. The molecular formula is C16H23ClN2. The third kappa shape index (κ3) is 3.52. The van der Waals surface area contributed by atoms with Crippen LogP contribution in [0.1, 0.15) is 32.8 Å². The van der Waals surface area contributed by atoms with Crippen LogP contribution in [0.2, 0.25) is 5.02 Å². The molecule has 0 bridgehead atoms. The standard InChI is InChI=1S/C16H23ClN2/c1-11(2)6-7-19-10-13(8-12(3)18)15-5-4-14(17)9-16(15)19/h4-5,9-12H,6-8,18H2,1-3H3. The Kier molecular flexibility index (Phi) is 4.54. The van der Waals surface area contributed by atoms with Gasteiger partial charge < -0.3 is 10.3 Å². The van der Waals surface area contributed by atoms with E-state index in [9.17, 15) is 0 Å². The van der Waals surface area contributed by atoms with Gasteiger partial charge in [0, 0.05) is 34.7 Å². The number of aromatic nitrogens is 1. The summed E-state index contributed by atoms with van der Waals surface area (Å²) in [4.78, 5) is 0. The normalized spacial score (nSPS) is 13.4. The van der Waals surface area contributed by atoms with E-state index in [2.05, 4.69) is 36.7 Å². The molecular weight excluding hydrogens is 256 g/mol. The maximum absolute atomic E-state index is 6.13. The van der Waals surface area contributed by atoms with E-state index >= 15 is 0 Å². The number of hydrogen-bond donors (Lipinski definition) is 1. The van der Waals surface area contributed by atoms with Crippen LogP contribution in [0.15, 0.2) is 24.4 Å². The molecule has 0 aliphatic heterocycles. The molecule has 0 radical (unpaired) electrons. The van der Waals surface area contributed by atoms with Crippen LogP contribution in [0.4, 0.5) is 0 Å². The highest BCUT2D eigenvalue weighted by atomic mass is 35.5. The largest absolute Gasteiger partial charge is 0.347 e. The minimum Gasteiger partial charge on any atom is -0.347 e. The van der Waals surface area contributed by atoms with Crippen LogP contribution < -0.4 is 5.73 Å². The van der Waals surface area contributed by atoms with Gasteiger partial charge in [0.15, 0.2) is 0 Å². The molecule has 0 spiro atoms. The lowest BCUT2D eigenvalue weighted by molar-refractivity contribution is 0.523. The molecule has 0 amide bonds. The molecule has 1 unspecified atom stereocenters. The molecule has 1 heterocycles. The number of fused-ring (bicyclic) bond motifs is 1. The molecule has 0 saturated heterocycles. The van der Waals surface area contributed by atoms with Gasteiger partial charge in [-0.25, -0.2) is 0 Å². The average Bonchev–Trinajstić information content (AvgIpc) is 2.63. The Morgan fingerprint density at radius 1 is 1.26 bits per heavy atom. The van der Waals surface area contributed by atoms with Gasteiger partial charge in [0.1, 0.15) is 0 Å². The van der Waals surface area contributed by atoms with E-state index in [1.807, 2.05) is 13.0 Å². The van der Waals surface area contributed by atoms with E-state index in [1.165, 1.54) is 22.9 Å². The number of halogens is 1. The molecule has 2 aromatic rings. The number of hydrogen-bond acceptors (Lipinski definition) is 1. The first-order valence-electron chi connectivity index (χ1n) is 7.00. The van der Waals surface area contributed by atoms with Crippen molar-refractivity contribution >= 4 is 22.5 Å². The van der Waals surface area contributed by atoms with Gasteiger partial charge in [-0.05, 0) is 43.4 Å². The van der Waals surface area contributed by atoms with Gasteiger partial charge >= 0.3 is 0 Å². The maximum Gasteiger partial charge on any atom is 0.0498 e. The molecule has 1 aromatic heterocycles. The van der Waals surface area contributed by atoms with Crippen LogP contribution in [0.3, 0.4) is 0 Å². The van der Waals surface area contributed by atoms with Crippen LogP contribution in [0, 0.1) is 5.92 Å². The van der Waals surface area contributed by atoms with Crippen molar-refractivity contribution in [3.63, 3.8) is 0 Å². The number of aryl methyl sites for hydroxylation is 1. The summed E-state index contributed by atoms with van der Waals surface area (Å²) in [7, 11) is 0. The zero-order valence-corrected chi connectivity index (χ0v) is 12.7. The van der Waals surface area contributed by atoms with Gasteiger partial charge in [0.05, 0.1) is 0 Å². The van der Waals surface area contributed by atoms with E-state index in [-0.39, 0.29) is 6.04 Å². The fourth-order valence-electron chi connectivity index (χ4n) is 2.43. The molecule has 104 valence electrons. The first-order valence-corrected chi connectivity index (χ1v) is 7.38. The number of rotatable bonds is 5. The number of nitrogens with two attached hydrogens (primary N) is 1. The van der Waals surface area contributed by atoms with Gasteiger partial charge in [0.25, 0.3) is 0 Å². The van der Waals surface area contributed by atoms with Crippen molar-refractivity contribution in [1.29, 1.82) is 0 Å². The second-order valence-electron chi connectivity index (χ2n) is 5.87. The minimum absolute atomic E-state index is 0.180. The summed E-state index contributed by atoms with van der Waals surface area (Å²) < 4.78 is 2.32. The van der Waals surface area contributed by atoms with Gasteiger partial charge in [-0.15, -0.1) is 0 Å². The Balaban J connectivity index is 2.41. The van der Waals surface area contributed by atoms with Crippen molar-refractivity contribution in [1.82, 2.24) is 4.57 Å². The Morgan fingerprint density at radius 2 is 2.00 bits per heavy atom. The first-order chi connectivity index (χ1) is 8.97. The number of benzene rings is 1. The fourth-order valence-corrected chi connectivity index (χ4v) is 2.60. The summed E-state index contributed by atoms with van der Waals surface area (Å²) in [5, 5.41) is 2.08. The Bertz CT molecular complexity index is 555. The van der Waals surface area contributed by atoms with Gasteiger partial charge in [-0.2, -0.15) is 0 Å². The van der Waals surface area contributed by atoms with Gasteiger partial charge in [-0.1, -0.05) is 31.5 Å². The monoisotopic (exact) mass is 278 g/mol. The average molecular weight is 279 g/mol. The van der Waals surface area contributed by atoms with Crippen LogP contribution in [-0.2, 0) is 13.0 Å². The molecule has 2 N–H and O–H groups in total. The van der Waals surface area contributed by atoms with Crippen molar-refractivity contribution in [2.45, 2.75) is 46.2 Å². The third-order valence-electron chi connectivity index (χ3n) is 3.42. The predicted octanol–water partition coefficient (Wildman–Crippen LogP) is 4.23. The Labute approximate surface area is 120 Å². The van der Waals surface area contributed by atoms with Crippen LogP contribution in [0.5, 0.6) is 0 Å². The lowest BCUT2D eigenvalue weighted by Gasteiger charge is -2.07. The molecule has 2 nitrogen and oxygen atoms in total. The summed E-state index contributed by atoms with van der Waals surface area (Å²) in [5.41, 5.74) is 8.49. The van der Waals surface area contributed by atoms with Crippen molar-refractivity contribution < 1.29 is 0 Å². The predicted molar refractivity (Wildman–Crippen MR) is 83.8 cm³/mol. The van der Waals surface area contributed by atoms with Crippen molar-refractivity contribution in [3.05, 3.63) is 35.0 Å². The summed E-state index contributed by atoms with van der Waals surface area (Å²) in [6, 6.07) is 6.31. The van der Waals surface area contributed by atoms with Crippen LogP contribution in [-0.4, -0.2) is 10.6 Å². The molecule has 0 saturated carbocycles. The molecule has 1 atom stereocenters. The highest BCUT2D eigenvalue weighted by molar-refractivity contribution is 6.31. The van der Waals surface area contributed by atoms with E-state index < -0.39 is 0 Å². The molecule has 0 aliphatic carbocycles. The van der Waals surface area contributed by atoms with Crippen LogP contribution >= 0.6 is 11.6 Å². The fraction of sp³-hybridized carbons (Fsp3) is 0.500. The highest BCUT2D eigenvalue weighted by Gasteiger charge is 2.10. The lowest BCUT2D eigenvalue weighted by Crippen LogP contribution is -2.17. The zero-order chi connectivity index (χ0) is 14.0. The SMILES string of the molecule is CC(C)CCn1cc(CC(C)N)c2ccc(Cl)cc21. The van der Waals surface area contributed by atoms with E-state index in [4.69, 9.17) is 17.3 Å². The molecule has 3 heteroatoms. The van der Waals surface area contributed by atoms with Gasteiger partial charge in [0.2, 0.25) is 0 Å². The zero-order valence-electron chi connectivity index (χ0n) is 12.0. The van der Waals surface area contributed by atoms with E-state index in [0.29, 0.717) is 5.92 Å². The summed E-state index contributed by atoms with van der Waals surface area (Å²) in [6.45, 7) is 7.59. The molecule has 19 heavy (non-hydrogen) atoms. The molecule has 2 rings (SSSR count). The second-order valence-corrected chi connectivity index (χ2v) is 6.31. The summed E-state index contributed by atoms with van der Waals surface area (Å²) >= 11 is 6.13. The summed E-state index contributed by atoms with van der Waals surface area (Å²) in [5.74, 6) is 0.702. The van der Waals surface area contributed by atoms with Crippen molar-refractivity contribution in [2.24, 2.45) is 11.7 Å². The first kappa shape index (κ1) is 14.4. The highest BCUT2D eigenvalue weighted by Crippen LogP contribution is 2.26. The minimum atomic E-state index is 0.180. The lowest BCUT2D eigenvalue weighted by atomic mass is 10.1. The molecule has 1 aromatic carbocycles. The van der Waals surface area contributed by atoms with Crippen molar-refractivity contribution in [3.8, 4) is 0 Å². The van der Waals surface area contributed by atoms with E-state index in [1.54, 1.807) is 0 Å². The topological polar surface area (TPSA) is 30.9 Å². The summed E-state index contributed by atoms with van der Waals surface area (Å²) in [6.07, 6.45) is 4.33. The van der Waals surface area contributed by atoms with Crippen molar-refractivity contribution in [2.75, 3.05) is 0 Å².